The van der Waals surface area contributed by atoms with Crippen molar-refractivity contribution in [3.05, 3.63) is 34.9 Å². The molecule has 0 saturated heterocycles. The van der Waals surface area contributed by atoms with Crippen molar-refractivity contribution >= 4 is 33.5 Å². The Bertz CT molecular complexity index is 271. The molecule has 2 nitrogen and oxygen atoms in total. The van der Waals surface area contributed by atoms with Gasteiger partial charge in [-0.1, -0.05) is 11.6 Å². The van der Waals surface area contributed by atoms with E-state index >= 15 is 0 Å². The van der Waals surface area contributed by atoms with Crippen molar-refractivity contribution in [2.75, 3.05) is 5.52 Å². The van der Waals surface area contributed by atoms with Crippen LogP contribution in [-0.2, 0) is 4.74 Å². The molecule has 0 fully saturated rings. The Kier molecular flexibility index (Phi) is 3.56. The van der Waals surface area contributed by atoms with Crippen LogP contribution in [0, 0.1) is 0 Å². The van der Waals surface area contributed by atoms with E-state index in [2.05, 4.69) is 15.9 Å². The van der Waals surface area contributed by atoms with Crippen LogP contribution in [0.1, 0.15) is 10.4 Å². The van der Waals surface area contributed by atoms with Gasteiger partial charge in [0.15, 0.2) is 0 Å². The zero-order valence-electron chi connectivity index (χ0n) is 6.09. The summed E-state index contributed by atoms with van der Waals surface area (Å²) in [5.74, 6) is -0.358. The molecule has 0 bridgehead atoms. The van der Waals surface area contributed by atoms with Gasteiger partial charge in [-0.2, -0.15) is 0 Å². The lowest BCUT2D eigenvalue weighted by Gasteiger charge is -1.99. The Morgan fingerprint density at radius 1 is 1.42 bits per heavy atom. The van der Waals surface area contributed by atoms with E-state index < -0.39 is 0 Å². The molecule has 0 aliphatic carbocycles. The van der Waals surface area contributed by atoms with Crippen molar-refractivity contribution in [3.8, 4) is 0 Å². The molecule has 0 unspecified atom stereocenters. The third kappa shape index (κ3) is 2.50. The summed E-state index contributed by atoms with van der Waals surface area (Å²) < 4.78 is 4.70. The van der Waals surface area contributed by atoms with Gasteiger partial charge in [-0.3, -0.25) is 0 Å². The molecule has 0 atom stereocenters. The van der Waals surface area contributed by atoms with E-state index in [1.807, 2.05) is 0 Å². The number of rotatable bonds is 2. The van der Waals surface area contributed by atoms with Gasteiger partial charge in [0.1, 0.15) is 5.52 Å². The van der Waals surface area contributed by atoms with Crippen LogP contribution in [-0.4, -0.2) is 11.5 Å². The number of hydrogen-bond acceptors (Lipinski definition) is 2. The lowest BCUT2D eigenvalue weighted by Crippen LogP contribution is -2.02. The van der Waals surface area contributed by atoms with Crippen LogP contribution in [0.2, 0.25) is 5.02 Å². The van der Waals surface area contributed by atoms with Crippen molar-refractivity contribution in [2.24, 2.45) is 0 Å². The highest BCUT2D eigenvalue weighted by atomic mass is 79.9. The average molecular weight is 249 g/mol. The molecule has 0 radical (unpaired) electrons. The van der Waals surface area contributed by atoms with Gasteiger partial charge in [-0.15, -0.1) is 0 Å². The van der Waals surface area contributed by atoms with Gasteiger partial charge in [-0.25, -0.2) is 4.79 Å². The maximum atomic E-state index is 11.1. The predicted octanol–water partition coefficient (Wildman–Crippen LogP) is 2.85. The highest BCUT2D eigenvalue weighted by Gasteiger charge is 2.04. The van der Waals surface area contributed by atoms with E-state index in [4.69, 9.17) is 16.3 Å². The number of esters is 1. The average Bonchev–Trinajstić information content (AvgIpc) is 2.06. The van der Waals surface area contributed by atoms with E-state index in [1.165, 1.54) is 0 Å². The minimum Gasteiger partial charge on any atom is -0.450 e. The summed E-state index contributed by atoms with van der Waals surface area (Å²) in [5.41, 5.74) is 0.702. The van der Waals surface area contributed by atoms with Gasteiger partial charge < -0.3 is 4.74 Å². The van der Waals surface area contributed by atoms with Crippen molar-refractivity contribution in [3.63, 3.8) is 0 Å². The second-order valence-corrected chi connectivity index (χ2v) is 2.94. The number of halogens is 2. The number of carbonyl (C=O) groups is 1. The summed E-state index contributed by atoms with van der Waals surface area (Å²) in [6.07, 6.45) is 0. The van der Waals surface area contributed by atoms with Crippen LogP contribution >= 0.6 is 27.5 Å². The van der Waals surface area contributed by atoms with Gasteiger partial charge in [0.05, 0.1) is 5.56 Å². The third-order valence-corrected chi connectivity index (χ3v) is 1.75. The van der Waals surface area contributed by atoms with Crippen LogP contribution in [0.5, 0.6) is 0 Å². The maximum Gasteiger partial charge on any atom is 0.338 e. The van der Waals surface area contributed by atoms with Crippen molar-refractivity contribution in [2.45, 2.75) is 0 Å². The number of carbonyl (C=O) groups excluding carboxylic acids is 1. The van der Waals surface area contributed by atoms with Gasteiger partial charge in [0.25, 0.3) is 0 Å². The number of hydrogen-bond donors (Lipinski definition) is 0. The SMILES string of the molecule is O=C(OCBr)c1ccc(Cl)cc1. The number of alkyl halides is 1. The van der Waals surface area contributed by atoms with E-state index in [1.54, 1.807) is 24.3 Å². The van der Waals surface area contributed by atoms with Crippen molar-refractivity contribution in [1.29, 1.82) is 0 Å². The molecule has 0 aromatic heterocycles. The highest BCUT2D eigenvalue weighted by Crippen LogP contribution is 2.10. The molecule has 0 heterocycles. The normalized spacial score (nSPS) is 9.50. The monoisotopic (exact) mass is 248 g/mol. The molecular formula is C8H6BrClO2. The Hall–Kier alpha value is -0.540. The van der Waals surface area contributed by atoms with E-state index in [0.717, 1.165) is 0 Å². The fourth-order valence-corrected chi connectivity index (χ4v) is 1.05. The summed E-state index contributed by atoms with van der Waals surface area (Å²) in [4.78, 5) is 11.1. The zero-order chi connectivity index (χ0) is 8.97. The topological polar surface area (TPSA) is 26.3 Å². The number of benzene rings is 1. The summed E-state index contributed by atoms with van der Waals surface area (Å²) in [6, 6.07) is 6.53. The van der Waals surface area contributed by atoms with Crippen LogP contribution in [0.15, 0.2) is 24.3 Å². The first-order valence-electron chi connectivity index (χ1n) is 3.22. The highest BCUT2D eigenvalue weighted by molar-refractivity contribution is 9.09. The van der Waals surface area contributed by atoms with Gasteiger partial charge in [-0.05, 0) is 40.2 Å². The minimum atomic E-state index is -0.358. The molecule has 64 valence electrons. The Labute approximate surface area is 83.6 Å². The van der Waals surface area contributed by atoms with Gasteiger partial charge in [0, 0.05) is 5.02 Å². The molecule has 4 heteroatoms. The molecular weight excluding hydrogens is 243 g/mol. The smallest absolute Gasteiger partial charge is 0.338 e. The van der Waals surface area contributed by atoms with Crippen molar-refractivity contribution < 1.29 is 9.53 Å². The summed E-state index contributed by atoms with van der Waals surface area (Å²) >= 11 is 8.62. The van der Waals surface area contributed by atoms with Crippen LogP contribution < -0.4 is 0 Å². The molecule has 0 N–H and O–H groups in total. The van der Waals surface area contributed by atoms with Crippen LogP contribution in [0.3, 0.4) is 0 Å². The Balaban J connectivity index is 2.75. The zero-order valence-corrected chi connectivity index (χ0v) is 8.43. The molecule has 0 spiro atoms. The molecule has 0 aliphatic rings. The fraction of sp³-hybridized carbons (Fsp3) is 0.125. The third-order valence-electron chi connectivity index (χ3n) is 1.27. The second kappa shape index (κ2) is 4.48. The van der Waals surface area contributed by atoms with Crippen LogP contribution in [0.4, 0.5) is 0 Å². The van der Waals surface area contributed by atoms with E-state index in [-0.39, 0.29) is 11.5 Å². The molecule has 1 aromatic rings. The molecule has 1 rings (SSSR count). The van der Waals surface area contributed by atoms with E-state index in [9.17, 15) is 4.79 Å². The first-order chi connectivity index (χ1) is 5.74. The largest absolute Gasteiger partial charge is 0.450 e. The predicted molar refractivity (Wildman–Crippen MR) is 50.7 cm³/mol. The van der Waals surface area contributed by atoms with Crippen molar-refractivity contribution in [1.82, 2.24) is 0 Å². The standard InChI is InChI=1S/C8H6BrClO2/c9-5-12-8(11)6-1-3-7(10)4-2-6/h1-4H,5H2. The molecule has 1 aromatic carbocycles. The van der Waals surface area contributed by atoms with Gasteiger partial charge >= 0.3 is 5.97 Å². The first kappa shape index (κ1) is 9.55. The minimum absolute atomic E-state index is 0.203. The molecule has 0 amide bonds. The Morgan fingerprint density at radius 3 is 2.50 bits per heavy atom. The molecule has 0 aliphatic heterocycles. The summed E-state index contributed by atoms with van der Waals surface area (Å²) in [7, 11) is 0. The quantitative estimate of drug-likeness (QED) is 0.595. The molecule has 0 saturated carbocycles. The first-order valence-corrected chi connectivity index (χ1v) is 4.72. The lowest BCUT2D eigenvalue weighted by atomic mass is 10.2. The van der Waals surface area contributed by atoms with Gasteiger partial charge in [0.2, 0.25) is 0 Å². The lowest BCUT2D eigenvalue weighted by molar-refractivity contribution is 0.0584. The second-order valence-electron chi connectivity index (χ2n) is 2.05. The fourth-order valence-electron chi connectivity index (χ4n) is 0.719. The van der Waals surface area contributed by atoms with E-state index in [0.29, 0.717) is 10.6 Å². The summed E-state index contributed by atoms with van der Waals surface area (Å²) in [5, 5.41) is 0.602. The summed E-state index contributed by atoms with van der Waals surface area (Å²) in [6.45, 7) is 0. The maximum absolute atomic E-state index is 11.1. The number of ether oxygens (including phenoxy) is 1. The molecule has 12 heavy (non-hydrogen) atoms. The Morgan fingerprint density at radius 2 is 2.00 bits per heavy atom. The van der Waals surface area contributed by atoms with Crippen LogP contribution in [0.25, 0.3) is 0 Å².